The third-order valence-corrected chi connectivity index (χ3v) is 4.50. The van der Waals surface area contributed by atoms with Crippen LogP contribution in [0.25, 0.3) is 0 Å². The normalized spacial score (nSPS) is 20.2. The Morgan fingerprint density at radius 3 is 2.22 bits per heavy atom. The van der Waals surface area contributed by atoms with Crippen molar-refractivity contribution in [3.8, 4) is 0 Å². The van der Waals surface area contributed by atoms with Crippen LogP contribution >= 0.6 is 0 Å². The highest BCUT2D eigenvalue weighted by molar-refractivity contribution is 4.93. The van der Waals surface area contributed by atoms with E-state index in [4.69, 9.17) is 4.74 Å². The highest BCUT2D eigenvalue weighted by Crippen LogP contribution is 2.48. The highest BCUT2D eigenvalue weighted by Gasteiger charge is 2.41. The average molecular weight is 255 g/mol. The van der Waals surface area contributed by atoms with E-state index in [1.807, 2.05) is 7.11 Å². The van der Waals surface area contributed by atoms with Crippen molar-refractivity contribution in [3.63, 3.8) is 0 Å². The minimum absolute atomic E-state index is 0.0220. The number of hydrogen-bond acceptors (Lipinski definition) is 2. The minimum atomic E-state index is 0.0220. The van der Waals surface area contributed by atoms with Crippen molar-refractivity contribution in [2.24, 2.45) is 17.3 Å². The SMILES string of the molecule is COC(C)(C)CCC(C)(CNCC(C)C)C1CC1. The first-order valence-electron chi connectivity index (χ1n) is 7.55. The second-order valence-corrected chi connectivity index (χ2v) is 7.42. The standard InChI is InChI=1S/C16H33NO/c1-13(2)11-17-12-16(5,14-7-8-14)10-9-15(3,4)18-6/h13-14,17H,7-12H2,1-6H3. The van der Waals surface area contributed by atoms with Gasteiger partial charge in [0.1, 0.15) is 0 Å². The number of rotatable bonds is 9. The second-order valence-electron chi connectivity index (χ2n) is 7.42. The first-order valence-corrected chi connectivity index (χ1v) is 7.55. The van der Waals surface area contributed by atoms with E-state index in [0.717, 1.165) is 31.3 Å². The van der Waals surface area contributed by atoms with Crippen LogP contribution in [-0.4, -0.2) is 25.8 Å². The molecule has 18 heavy (non-hydrogen) atoms. The summed E-state index contributed by atoms with van der Waals surface area (Å²) in [4.78, 5) is 0. The van der Waals surface area contributed by atoms with Gasteiger partial charge in [-0.2, -0.15) is 0 Å². The van der Waals surface area contributed by atoms with E-state index in [1.54, 1.807) is 0 Å². The van der Waals surface area contributed by atoms with Gasteiger partial charge >= 0.3 is 0 Å². The van der Waals surface area contributed by atoms with E-state index < -0.39 is 0 Å². The molecule has 2 nitrogen and oxygen atoms in total. The van der Waals surface area contributed by atoms with Gasteiger partial charge in [0.25, 0.3) is 0 Å². The summed E-state index contributed by atoms with van der Waals surface area (Å²) in [6, 6.07) is 0. The highest BCUT2D eigenvalue weighted by atomic mass is 16.5. The summed E-state index contributed by atoms with van der Waals surface area (Å²) in [6.45, 7) is 13.7. The van der Waals surface area contributed by atoms with Gasteiger partial charge in [0, 0.05) is 13.7 Å². The van der Waals surface area contributed by atoms with Gasteiger partial charge in [-0.3, -0.25) is 0 Å². The van der Waals surface area contributed by atoms with E-state index >= 15 is 0 Å². The Labute approximate surface area is 114 Å². The first kappa shape index (κ1) is 16.0. The maximum Gasteiger partial charge on any atom is 0.0623 e. The summed E-state index contributed by atoms with van der Waals surface area (Å²) in [7, 11) is 1.82. The fraction of sp³-hybridized carbons (Fsp3) is 1.00. The molecule has 0 aromatic carbocycles. The first-order chi connectivity index (χ1) is 8.29. The third kappa shape index (κ3) is 5.27. The summed E-state index contributed by atoms with van der Waals surface area (Å²) in [5.41, 5.74) is 0.485. The molecule has 1 rings (SSSR count). The summed E-state index contributed by atoms with van der Waals surface area (Å²) < 4.78 is 5.56. The zero-order valence-electron chi connectivity index (χ0n) is 13.3. The molecule has 1 atom stereocenters. The monoisotopic (exact) mass is 255 g/mol. The number of hydrogen-bond donors (Lipinski definition) is 1. The molecule has 0 heterocycles. The van der Waals surface area contributed by atoms with Crippen molar-refractivity contribution in [2.75, 3.05) is 20.2 Å². The van der Waals surface area contributed by atoms with Gasteiger partial charge in [0.15, 0.2) is 0 Å². The molecule has 1 fully saturated rings. The van der Waals surface area contributed by atoms with Crippen molar-refractivity contribution in [1.29, 1.82) is 0 Å². The molecule has 0 bridgehead atoms. The lowest BCUT2D eigenvalue weighted by Crippen LogP contribution is -2.37. The molecule has 1 N–H and O–H groups in total. The zero-order chi connectivity index (χ0) is 13.8. The lowest BCUT2D eigenvalue weighted by atomic mass is 9.78. The van der Waals surface area contributed by atoms with E-state index in [2.05, 4.69) is 39.9 Å². The molecular weight excluding hydrogens is 222 g/mol. The van der Waals surface area contributed by atoms with Crippen LogP contribution in [0.4, 0.5) is 0 Å². The van der Waals surface area contributed by atoms with E-state index in [0.29, 0.717) is 5.41 Å². The van der Waals surface area contributed by atoms with E-state index in [-0.39, 0.29) is 5.60 Å². The second kappa shape index (κ2) is 6.38. The fourth-order valence-electron chi connectivity index (χ4n) is 2.55. The Bertz CT molecular complexity index is 245. The molecular formula is C16H33NO. The minimum Gasteiger partial charge on any atom is -0.379 e. The van der Waals surface area contributed by atoms with Gasteiger partial charge in [-0.15, -0.1) is 0 Å². The van der Waals surface area contributed by atoms with Gasteiger partial charge in [0.2, 0.25) is 0 Å². The molecule has 108 valence electrons. The Morgan fingerprint density at radius 2 is 1.78 bits per heavy atom. The predicted molar refractivity (Wildman–Crippen MR) is 78.9 cm³/mol. The molecule has 1 aliphatic rings. The van der Waals surface area contributed by atoms with Gasteiger partial charge in [0.05, 0.1) is 5.60 Å². The molecule has 0 saturated heterocycles. The number of ether oxygens (including phenoxy) is 1. The average Bonchev–Trinajstić information content (AvgIpc) is 3.10. The number of nitrogens with one attached hydrogen (secondary N) is 1. The van der Waals surface area contributed by atoms with E-state index in [9.17, 15) is 0 Å². The van der Waals surface area contributed by atoms with Gasteiger partial charge in [-0.25, -0.2) is 0 Å². The molecule has 0 aromatic rings. The van der Waals surface area contributed by atoms with Crippen LogP contribution in [0.3, 0.4) is 0 Å². The zero-order valence-corrected chi connectivity index (χ0v) is 13.3. The van der Waals surface area contributed by atoms with Gasteiger partial charge < -0.3 is 10.1 Å². The van der Waals surface area contributed by atoms with Crippen LogP contribution in [0.2, 0.25) is 0 Å². The third-order valence-electron chi connectivity index (χ3n) is 4.50. The molecule has 2 heteroatoms. The van der Waals surface area contributed by atoms with Crippen LogP contribution in [0.1, 0.15) is 60.3 Å². The summed E-state index contributed by atoms with van der Waals surface area (Å²) >= 11 is 0. The Hall–Kier alpha value is -0.0800. The van der Waals surface area contributed by atoms with Crippen molar-refractivity contribution in [3.05, 3.63) is 0 Å². The lowest BCUT2D eigenvalue weighted by Gasteiger charge is -2.34. The smallest absolute Gasteiger partial charge is 0.0623 e. The van der Waals surface area contributed by atoms with Crippen LogP contribution in [-0.2, 0) is 4.74 Å². The lowest BCUT2D eigenvalue weighted by molar-refractivity contribution is 0.00270. The number of methoxy groups -OCH3 is 1. The van der Waals surface area contributed by atoms with Crippen LogP contribution in [0.15, 0.2) is 0 Å². The van der Waals surface area contributed by atoms with Gasteiger partial charge in [-0.05, 0) is 63.3 Å². The van der Waals surface area contributed by atoms with Crippen LogP contribution in [0, 0.1) is 17.3 Å². The largest absolute Gasteiger partial charge is 0.379 e. The van der Waals surface area contributed by atoms with Crippen molar-refractivity contribution in [1.82, 2.24) is 5.32 Å². The van der Waals surface area contributed by atoms with Crippen LogP contribution < -0.4 is 5.32 Å². The Kier molecular flexibility index (Phi) is 5.67. The molecule has 0 aliphatic heterocycles. The van der Waals surface area contributed by atoms with Crippen molar-refractivity contribution >= 4 is 0 Å². The molecule has 1 saturated carbocycles. The molecule has 0 spiro atoms. The summed E-state index contributed by atoms with van der Waals surface area (Å²) in [6.07, 6.45) is 5.27. The Balaban J connectivity index is 2.42. The molecule has 0 amide bonds. The van der Waals surface area contributed by atoms with Crippen molar-refractivity contribution < 1.29 is 4.74 Å². The molecule has 0 aromatic heterocycles. The van der Waals surface area contributed by atoms with Crippen LogP contribution in [0.5, 0.6) is 0 Å². The maximum absolute atomic E-state index is 5.56. The summed E-state index contributed by atoms with van der Waals surface area (Å²) in [5.74, 6) is 1.67. The Morgan fingerprint density at radius 1 is 1.17 bits per heavy atom. The quantitative estimate of drug-likeness (QED) is 0.675. The fourth-order valence-corrected chi connectivity index (χ4v) is 2.55. The summed E-state index contributed by atoms with van der Waals surface area (Å²) in [5, 5.41) is 3.66. The van der Waals surface area contributed by atoms with Crippen molar-refractivity contribution in [2.45, 2.75) is 65.9 Å². The molecule has 1 unspecified atom stereocenters. The maximum atomic E-state index is 5.56. The molecule has 0 radical (unpaired) electrons. The predicted octanol–water partition coefficient (Wildman–Crippen LogP) is 3.85. The molecule has 1 aliphatic carbocycles. The van der Waals surface area contributed by atoms with E-state index in [1.165, 1.54) is 19.3 Å². The topological polar surface area (TPSA) is 21.3 Å². The van der Waals surface area contributed by atoms with Gasteiger partial charge in [-0.1, -0.05) is 20.8 Å².